The molecule has 1 saturated heterocycles. The minimum atomic E-state index is 0.461. The van der Waals surface area contributed by atoms with Crippen LogP contribution in [0.5, 0.6) is 0 Å². The predicted octanol–water partition coefficient (Wildman–Crippen LogP) is 3.91. The van der Waals surface area contributed by atoms with Crippen molar-refractivity contribution >= 4 is 0 Å². The molecule has 1 atom stereocenters. The third kappa shape index (κ3) is 6.27. The summed E-state index contributed by atoms with van der Waals surface area (Å²) in [6.07, 6.45) is 8.30. The van der Waals surface area contributed by atoms with E-state index in [-0.39, 0.29) is 0 Å². The molecule has 1 aliphatic rings. The second-order valence-electron chi connectivity index (χ2n) is 6.85. The molecule has 1 N–H and O–H groups in total. The molecule has 1 aliphatic heterocycles. The molecule has 0 aromatic rings. The quantitative estimate of drug-likeness (QED) is 0.682. The van der Waals surface area contributed by atoms with Gasteiger partial charge in [-0.05, 0) is 50.2 Å². The molecule has 1 unspecified atom stereocenters. The van der Waals surface area contributed by atoms with E-state index in [0.29, 0.717) is 5.41 Å². The van der Waals surface area contributed by atoms with Gasteiger partial charge in [0.15, 0.2) is 0 Å². The molecule has 0 aromatic carbocycles. The van der Waals surface area contributed by atoms with Crippen LogP contribution in [0.4, 0.5) is 0 Å². The second-order valence-corrected chi connectivity index (χ2v) is 6.85. The summed E-state index contributed by atoms with van der Waals surface area (Å²) in [5.74, 6) is 1.01. The van der Waals surface area contributed by atoms with Gasteiger partial charge < -0.3 is 10.2 Å². The molecule has 0 aliphatic carbocycles. The number of nitrogens with one attached hydrogen (secondary N) is 1. The lowest BCUT2D eigenvalue weighted by Crippen LogP contribution is -2.45. The van der Waals surface area contributed by atoms with Crippen LogP contribution in [-0.4, -0.2) is 37.6 Å². The van der Waals surface area contributed by atoms with Crippen molar-refractivity contribution < 1.29 is 0 Å². The van der Waals surface area contributed by atoms with Crippen LogP contribution in [0.3, 0.4) is 0 Å². The first-order valence-corrected chi connectivity index (χ1v) is 8.56. The Balaban J connectivity index is 2.38. The van der Waals surface area contributed by atoms with E-state index in [1.807, 2.05) is 0 Å². The van der Waals surface area contributed by atoms with Crippen LogP contribution in [-0.2, 0) is 0 Å². The molecular formula is C17H36N2. The highest BCUT2D eigenvalue weighted by atomic mass is 15.1. The van der Waals surface area contributed by atoms with E-state index >= 15 is 0 Å². The van der Waals surface area contributed by atoms with Crippen molar-refractivity contribution in [3.63, 3.8) is 0 Å². The normalized spacial score (nSPS) is 21.5. The molecule has 1 rings (SSSR count). The first kappa shape index (κ1) is 17.0. The maximum Gasteiger partial charge on any atom is 0.00475 e. The monoisotopic (exact) mass is 268 g/mol. The van der Waals surface area contributed by atoms with Crippen LogP contribution in [0, 0.1) is 11.3 Å². The Morgan fingerprint density at radius 2 is 1.79 bits per heavy atom. The van der Waals surface area contributed by atoms with E-state index in [2.05, 4.69) is 37.9 Å². The van der Waals surface area contributed by atoms with Crippen molar-refractivity contribution in [2.45, 2.75) is 66.2 Å². The zero-order chi connectivity index (χ0) is 14.1. The number of likely N-dealkylation sites (tertiary alicyclic amines) is 1. The number of hydrogen-bond donors (Lipinski definition) is 1. The minimum Gasteiger partial charge on any atom is -0.316 e. The van der Waals surface area contributed by atoms with Gasteiger partial charge in [-0.1, -0.05) is 47.0 Å². The van der Waals surface area contributed by atoms with Crippen molar-refractivity contribution in [1.29, 1.82) is 0 Å². The number of rotatable bonds is 9. The zero-order valence-corrected chi connectivity index (χ0v) is 13.8. The van der Waals surface area contributed by atoms with E-state index < -0.39 is 0 Å². The van der Waals surface area contributed by atoms with Gasteiger partial charge in [-0.3, -0.25) is 0 Å². The molecule has 0 amide bonds. The number of nitrogens with zero attached hydrogens (tertiary/aromatic N) is 1. The van der Waals surface area contributed by atoms with E-state index in [0.717, 1.165) is 12.5 Å². The van der Waals surface area contributed by atoms with E-state index in [1.165, 1.54) is 64.7 Å². The molecule has 2 heteroatoms. The first-order chi connectivity index (χ1) is 9.13. The largest absolute Gasteiger partial charge is 0.316 e. The molecular weight excluding hydrogens is 232 g/mol. The molecule has 2 nitrogen and oxygen atoms in total. The van der Waals surface area contributed by atoms with Crippen molar-refractivity contribution in [1.82, 2.24) is 10.2 Å². The first-order valence-electron chi connectivity index (χ1n) is 8.56. The lowest BCUT2D eigenvalue weighted by atomic mass is 9.83. The van der Waals surface area contributed by atoms with Crippen LogP contribution in [0.2, 0.25) is 0 Å². The summed E-state index contributed by atoms with van der Waals surface area (Å²) in [5, 5.41) is 3.57. The van der Waals surface area contributed by atoms with Gasteiger partial charge in [-0.2, -0.15) is 0 Å². The van der Waals surface area contributed by atoms with Gasteiger partial charge in [0.2, 0.25) is 0 Å². The highest BCUT2D eigenvalue weighted by Gasteiger charge is 2.28. The van der Waals surface area contributed by atoms with Crippen molar-refractivity contribution in [3.05, 3.63) is 0 Å². The second kappa shape index (κ2) is 8.97. The fraction of sp³-hybridized carbons (Fsp3) is 1.00. The number of hydrogen-bond acceptors (Lipinski definition) is 2. The Kier molecular flexibility index (Phi) is 8.01. The predicted molar refractivity (Wildman–Crippen MR) is 85.6 cm³/mol. The molecule has 114 valence electrons. The Hall–Kier alpha value is -0.0800. The Bertz CT molecular complexity index is 221. The Morgan fingerprint density at radius 1 is 1.11 bits per heavy atom. The molecule has 0 aromatic heterocycles. The molecule has 1 heterocycles. The van der Waals surface area contributed by atoms with Gasteiger partial charge in [-0.25, -0.2) is 0 Å². The fourth-order valence-electron chi connectivity index (χ4n) is 3.63. The van der Waals surface area contributed by atoms with Crippen LogP contribution in [0.1, 0.15) is 66.2 Å². The van der Waals surface area contributed by atoms with E-state index in [9.17, 15) is 0 Å². The summed E-state index contributed by atoms with van der Waals surface area (Å²) >= 11 is 0. The van der Waals surface area contributed by atoms with E-state index in [1.54, 1.807) is 0 Å². The van der Waals surface area contributed by atoms with E-state index in [4.69, 9.17) is 0 Å². The van der Waals surface area contributed by atoms with Crippen molar-refractivity contribution in [2.24, 2.45) is 11.3 Å². The summed E-state index contributed by atoms with van der Waals surface area (Å²) in [7, 11) is 0. The van der Waals surface area contributed by atoms with Crippen molar-refractivity contribution in [3.8, 4) is 0 Å². The van der Waals surface area contributed by atoms with Crippen LogP contribution in [0.15, 0.2) is 0 Å². The highest BCUT2D eigenvalue weighted by molar-refractivity contribution is 4.83. The lowest BCUT2D eigenvalue weighted by Gasteiger charge is -2.39. The van der Waals surface area contributed by atoms with Crippen LogP contribution >= 0.6 is 0 Å². The van der Waals surface area contributed by atoms with Gasteiger partial charge in [0, 0.05) is 13.1 Å². The minimum absolute atomic E-state index is 0.461. The molecule has 0 spiro atoms. The topological polar surface area (TPSA) is 15.3 Å². The molecule has 0 radical (unpaired) electrons. The summed E-state index contributed by atoms with van der Waals surface area (Å²) in [4.78, 5) is 2.72. The SMILES string of the molecule is CCCC1CCN(CC(C)(CCC)CNCC)CC1. The standard InChI is InChI=1S/C17H36N2/c1-5-8-16-9-12-19(13-10-16)15-17(4,11-6-2)14-18-7-3/h16,18H,5-15H2,1-4H3. The van der Waals surface area contributed by atoms with Crippen LogP contribution in [0.25, 0.3) is 0 Å². The van der Waals surface area contributed by atoms with Gasteiger partial charge in [0.05, 0.1) is 0 Å². The highest BCUT2D eigenvalue weighted by Crippen LogP contribution is 2.28. The van der Waals surface area contributed by atoms with Gasteiger partial charge in [-0.15, -0.1) is 0 Å². The molecule has 0 saturated carbocycles. The summed E-state index contributed by atoms with van der Waals surface area (Å²) in [6, 6.07) is 0. The molecule has 1 fully saturated rings. The van der Waals surface area contributed by atoms with Crippen molar-refractivity contribution in [2.75, 3.05) is 32.7 Å². The lowest BCUT2D eigenvalue weighted by molar-refractivity contribution is 0.109. The third-order valence-electron chi connectivity index (χ3n) is 4.66. The maximum atomic E-state index is 3.57. The molecule has 0 bridgehead atoms. The van der Waals surface area contributed by atoms with Gasteiger partial charge >= 0.3 is 0 Å². The Morgan fingerprint density at radius 3 is 2.32 bits per heavy atom. The average Bonchev–Trinajstić information content (AvgIpc) is 2.39. The number of piperidine rings is 1. The average molecular weight is 268 g/mol. The van der Waals surface area contributed by atoms with Gasteiger partial charge in [0.25, 0.3) is 0 Å². The third-order valence-corrected chi connectivity index (χ3v) is 4.66. The molecule has 19 heavy (non-hydrogen) atoms. The zero-order valence-electron chi connectivity index (χ0n) is 13.8. The summed E-state index contributed by atoms with van der Waals surface area (Å²) in [6.45, 7) is 15.5. The summed E-state index contributed by atoms with van der Waals surface area (Å²) < 4.78 is 0. The van der Waals surface area contributed by atoms with Gasteiger partial charge in [0.1, 0.15) is 0 Å². The fourth-order valence-corrected chi connectivity index (χ4v) is 3.63. The maximum absolute atomic E-state index is 3.57. The Labute approximate surface area is 121 Å². The smallest absolute Gasteiger partial charge is 0.00475 e. The summed E-state index contributed by atoms with van der Waals surface area (Å²) in [5.41, 5.74) is 0.461. The van der Waals surface area contributed by atoms with Crippen LogP contribution < -0.4 is 5.32 Å².